The fraction of sp³-hybridized carbons (Fsp3) is 0.875. The van der Waals surface area contributed by atoms with E-state index in [-0.39, 0.29) is 6.92 Å². The lowest BCUT2D eigenvalue weighted by atomic mass is 9.88. The fourth-order valence-corrected chi connectivity index (χ4v) is 2.18. The molecule has 0 aliphatic carbocycles. The number of nitrogens with one attached hydrogen (secondary N) is 1. The first-order valence-corrected chi connectivity index (χ1v) is 8.86. The van der Waals surface area contributed by atoms with E-state index in [1.807, 2.05) is 0 Å². The van der Waals surface area contributed by atoms with Gasteiger partial charge in [-0.3, -0.25) is 9.59 Å². The third-order valence-corrected chi connectivity index (χ3v) is 4.98. The van der Waals surface area contributed by atoms with Crippen molar-refractivity contribution in [1.82, 2.24) is 5.32 Å². The molecule has 1 amide bonds. The molecule has 0 aromatic carbocycles. The highest BCUT2D eigenvalue weighted by molar-refractivity contribution is 5.84. The van der Waals surface area contributed by atoms with Crippen LogP contribution in [-0.2, 0) is 9.59 Å². The van der Waals surface area contributed by atoms with E-state index in [1.54, 1.807) is 0 Å². The molecule has 0 saturated heterocycles. The second-order valence-corrected chi connectivity index (χ2v) is 7.27. The second kappa shape index (κ2) is 9.20. The Morgan fingerprint density at radius 2 is 0.971 bits per heavy atom. The number of hydrogen-bond acceptors (Lipinski definition) is 2. The summed E-state index contributed by atoms with van der Waals surface area (Å²) in [5, 5.41) is 9.48. The van der Waals surface area contributed by atoms with Gasteiger partial charge in [0.2, 0.25) is 5.91 Å². The number of carbonyl (C=O) groups excluding carboxylic acids is 1. The molecule has 0 aliphatic heterocycles. The lowest BCUT2D eigenvalue weighted by Gasteiger charge is -2.42. The SMILES string of the molecule is CCC(F)(F)C(F)(F)C(F)(F)C(F)(F)C(F)(F)C(F)(F)C(F)(F)CNC(=O)[C@H](C)[C@@H](C)C(=O)O. The van der Waals surface area contributed by atoms with Gasteiger partial charge in [-0.05, 0) is 0 Å². The van der Waals surface area contributed by atoms with Gasteiger partial charge in [0, 0.05) is 12.3 Å². The van der Waals surface area contributed by atoms with Gasteiger partial charge in [-0.1, -0.05) is 20.8 Å². The summed E-state index contributed by atoms with van der Waals surface area (Å²) >= 11 is 0. The maximum atomic E-state index is 13.7. The minimum Gasteiger partial charge on any atom is -0.481 e. The fourth-order valence-electron chi connectivity index (χ4n) is 2.18. The van der Waals surface area contributed by atoms with Crippen molar-refractivity contribution < 1.29 is 76.2 Å². The zero-order valence-corrected chi connectivity index (χ0v) is 17.1. The molecule has 0 rings (SSSR count). The number of rotatable bonds is 12. The number of carboxylic acids is 1. The molecular formula is C16H17F14NO3. The van der Waals surface area contributed by atoms with E-state index >= 15 is 0 Å². The number of carbonyl (C=O) groups is 2. The van der Waals surface area contributed by atoms with Gasteiger partial charge >= 0.3 is 47.4 Å². The molecule has 0 spiro atoms. The van der Waals surface area contributed by atoms with Crippen molar-refractivity contribution in [3.8, 4) is 0 Å². The number of hydrogen-bond donors (Lipinski definition) is 2. The van der Waals surface area contributed by atoms with Crippen molar-refractivity contribution in [3.63, 3.8) is 0 Å². The summed E-state index contributed by atoms with van der Waals surface area (Å²) in [6.07, 6.45) is -2.36. The first-order chi connectivity index (χ1) is 14.7. The highest BCUT2D eigenvalue weighted by Gasteiger charge is 2.92. The minimum absolute atomic E-state index is 0.0257. The van der Waals surface area contributed by atoms with Crippen LogP contribution < -0.4 is 5.32 Å². The summed E-state index contributed by atoms with van der Waals surface area (Å²) in [7, 11) is 0. The predicted molar refractivity (Wildman–Crippen MR) is 83.9 cm³/mol. The second-order valence-electron chi connectivity index (χ2n) is 7.27. The van der Waals surface area contributed by atoms with Gasteiger partial charge in [0.15, 0.2) is 0 Å². The number of carboxylic acid groups (broad SMARTS) is 1. The van der Waals surface area contributed by atoms with Gasteiger partial charge in [0.25, 0.3) is 0 Å². The Hall–Kier alpha value is -2.04. The van der Waals surface area contributed by atoms with Crippen LogP contribution in [0.5, 0.6) is 0 Å². The van der Waals surface area contributed by atoms with Crippen molar-refractivity contribution in [2.45, 2.75) is 68.6 Å². The van der Waals surface area contributed by atoms with Crippen molar-refractivity contribution in [2.75, 3.05) is 6.54 Å². The predicted octanol–water partition coefficient (Wildman–Crippen LogP) is 5.32. The van der Waals surface area contributed by atoms with Gasteiger partial charge in [0.05, 0.1) is 12.5 Å². The Morgan fingerprint density at radius 3 is 1.29 bits per heavy atom. The molecule has 4 nitrogen and oxygen atoms in total. The molecule has 18 heteroatoms. The van der Waals surface area contributed by atoms with Crippen LogP contribution in [0.25, 0.3) is 0 Å². The molecule has 2 N–H and O–H groups in total. The van der Waals surface area contributed by atoms with Gasteiger partial charge in [0.1, 0.15) is 0 Å². The summed E-state index contributed by atoms with van der Waals surface area (Å²) in [4.78, 5) is 22.3. The Kier molecular flexibility index (Phi) is 8.65. The van der Waals surface area contributed by atoms with E-state index in [4.69, 9.17) is 5.11 Å². The van der Waals surface area contributed by atoms with E-state index in [9.17, 15) is 71.1 Å². The standard InChI is InChI=1S/C16H17F14NO3/c1-4-10(17,18)12(21,22)14(25,26)16(29,30)15(27,28)13(23,24)11(19,20)5-31-8(32)6(2)7(3)9(33)34/h6-7H,4-5H2,1-3H3,(H,31,32)(H,33,34)/t6-,7-/m1/s1. The summed E-state index contributed by atoms with van der Waals surface area (Å²) in [5.41, 5.74) is 0. The van der Waals surface area contributed by atoms with Gasteiger partial charge in [-0.2, -0.15) is 61.5 Å². The number of amides is 1. The topological polar surface area (TPSA) is 66.4 Å². The van der Waals surface area contributed by atoms with Crippen molar-refractivity contribution >= 4 is 11.9 Å². The molecule has 0 aliphatic rings. The monoisotopic (exact) mass is 537 g/mol. The maximum Gasteiger partial charge on any atom is 0.384 e. The number of alkyl halides is 14. The number of halogens is 14. The highest BCUT2D eigenvalue weighted by atomic mass is 19.4. The van der Waals surface area contributed by atoms with E-state index in [1.165, 1.54) is 0 Å². The van der Waals surface area contributed by atoms with Crippen LogP contribution in [0.3, 0.4) is 0 Å². The summed E-state index contributed by atoms with van der Waals surface area (Å²) in [6.45, 7) is -1.39. The Morgan fingerprint density at radius 1 is 0.647 bits per heavy atom. The van der Waals surface area contributed by atoms with Crippen LogP contribution in [0.15, 0.2) is 0 Å². The van der Waals surface area contributed by atoms with Crippen LogP contribution in [0.4, 0.5) is 61.5 Å². The normalized spacial score (nSPS) is 16.7. The zero-order chi connectivity index (χ0) is 27.9. The lowest BCUT2D eigenvalue weighted by Crippen LogP contribution is -2.73. The van der Waals surface area contributed by atoms with Crippen LogP contribution in [0.2, 0.25) is 0 Å². The summed E-state index contributed by atoms with van der Waals surface area (Å²) in [5.74, 6) is -58.9. The molecule has 0 fully saturated rings. The molecular weight excluding hydrogens is 520 g/mol. The molecule has 0 heterocycles. The van der Waals surface area contributed by atoms with Crippen LogP contribution in [0.1, 0.15) is 27.2 Å². The van der Waals surface area contributed by atoms with Gasteiger partial charge in [-0.15, -0.1) is 0 Å². The van der Waals surface area contributed by atoms with Gasteiger partial charge < -0.3 is 10.4 Å². The molecule has 0 radical (unpaired) electrons. The molecule has 0 saturated carbocycles. The summed E-state index contributed by atoms with van der Waals surface area (Å²) in [6, 6.07) is 0. The van der Waals surface area contributed by atoms with E-state index in [0.717, 1.165) is 19.2 Å². The zero-order valence-electron chi connectivity index (χ0n) is 17.1. The molecule has 34 heavy (non-hydrogen) atoms. The first kappa shape index (κ1) is 32.0. The molecule has 0 unspecified atom stereocenters. The van der Waals surface area contributed by atoms with Crippen molar-refractivity contribution in [1.29, 1.82) is 0 Å². The number of aliphatic carboxylic acids is 1. The third-order valence-electron chi connectivity index (χ3n) is 4.98. The smallest absolute Gasteiger partial charge is 0.384 e. The Balaban J connectivity index is 6.20. The Labute approximate surface area is 181 Å². The Bertz CT molecular complexity index is 768. The molecule has 0 aromatic rings. The molecule has 0 aromatic heterocycles. The minimum atomic E-state index is -8.18. The quantitative estimate of drug-likeness (QED) is 0.332. The largest absolute Gasteiger partial charge is 0.481 e. The summed E-state index contributed by atoms with van der Waals surface area (Å²) < 4.78 is 189. The van der Waals surface area contributed by atoms with E-state index < -0.39 is 78.1 Å². The van der Waals surface area contributed by atoms with Crippen LogP contribution in [-0.4, -0.2) is 65.0 Å². The van der Waals surface area contributed by atoms with E-state index in [2.05, 4.69) is 0 Å². The molecule has 202 valence electrons. The first-order valence-electron chi connectivity index (χ1n) is 8.86. The van der Waals surface area contributed by atoms with Crippen LogP contribution >= 0.6 is 0 Å². The molecule has 2 atom stereocenters. The maximum absolute atomic E-state index is 13.7. The lowest BCUT2D eigenvalue weighted by molar-refractivity contribution is -0.440. The average molecular weight is 537 g/mol. The third kappa shape index (κ3) is 4.72. The van der Waals surface area contributed by atoms with Gasteiger partial charge in [-0.25, -0.2) is 0 Å². The highest BCUT2D eigenvalue weighted by Crippen LogP contribution is 2.62. The van der Waals surface area contributed by atoms with Crippen molar-refractivity contribution in [2.24, 2.45) is 11.8 Å². The van der Waals surface area contributed by atoms with Crippen LogP contribution in [0, 0.1) is 11.8 Å². The molecule has 0 bridgehead atoms. The average Bonchev–Trinajstić information content (AvgIpc) is 2.69. The van der Waals surface area contributed by atoms with E-state index in [0.29, 0.717) is 0 Å². The van der Waals surface area contributed by atoms with Crippen molar-refractivity contribution in [3.05, 3.63) is 0 Å².